The minimum atomic E-state index is 1.22. The van der Waals surface area contributed by atoms with Crippen LogP contribution in [0.15, 0.2) is 0 Å². The molecular formula is C19H40N2. The Bertz CT molecular complexity index is 208. The van der Waals surface area contributed by atoms with Gasteiger partial charge in [0.25, 0.3) is 0 Å². The summed E-state index contributed by atoms with van der Waals surface area (Å²) in [5.41, 5.74) is 0. The van der Waals surface area contributed by atoms with E-state index in [9.17, 15) is 0 Å². The summed E-state index contributed by atoms with van der Waals surface area (Å²) >= 11 is 0. The van der Waals surface area contributed by atoms with Crippen LogP contribution in [0.5, 0.6) is 0 Å². The third-order valence-corrected chi connectivity index (χ3v) is 5.04. The van der Waals surface area contributed by atoms with Gasteiger partial charge in [-0.2, -0.15) is 0 Å². The molecule has 0 aromatic heterocycles. The van der Waals surface area contributed by atoms with Crippen LogP contribution in [0.4, 0.5) is 0 Å². The van der Waals surface area contributed by atoms with E-state index >= 15 is 0 Å². The predicted octanol–water partition coefficient (Wildman–Crippen LogP) is 4.93. The zero-order valence-corrected chi connectivity index (χ0v) is 14.9. The van der Waals surface area contributed by atoms with Gasteiger partial charge in [-0.05, 0) is 65.0 Å². The fourth-order valence-electron chi connectivity index (χ4n) is 3.45. The molecule has 1 fully saturated rings. The first-order valence-corrected chi connectivity index (χ1v) is 9.81. The van der Waals surface area contributed by atoms with E-state index in [4.69, 9.17) is 0 Å². The molecule has 0 radical (unpaired) electrons. The third kappa shape index (κ3) is 10.3. The van der Waals surface area contributed by atoms with E-state index in [2.05, 4.69) is 23.6 Å². The molecule has 0 amide bonds. The van der Waals surface area contributed by atoms with Crippen LogP contribution in [0.1, 0.15) is 84.5 Å². The number of unbranched alkanes of at least 4 members (excludes halogenated alkanes) is 7. The lowest BCUT2D eigenvalue weighted by Crippen LogP contribution is -2.30. The van der Waals surface area contributed by atoms with Gasteiger partial charge in [0.05, 0.1) is 0 Å². The normalized spacial score (nSPS) is 16.7. The molecule has 0 bridgehead atoms. The van der Waals surface area contributed by atoms with E-state index in [-0.39, 0.29) is 0 Å². The second kappa shape index (κ2) is 13.6. The summed E-state index contributed by atoms with van der Waals surface area (Å²) in [6, 6.07) is 0. The number of piperidine rings is 1. The molecule has 0 saturated carbocycles. The van der Waals surface area contributed by atoms with E-state index < -0.39 is 0 Å². The van der Waals surface area contributed by atoms with Crippen LogP contribution >= 0.6 is 0 Å². The van der Waals surface area contributed by atoms with E-state index in [1.54, 1.807) is 0 Å². The maximum atomic E-state index is 2.68. The Balaban J connectivity index is 1.76. The van der Waals surface area contributed by atoms with Gasteiger partial charge in [-0.3, -0.25) is 0 Å². The van der Waals surface area contributed by atoms with Crippen molar-refractivity contribution in [1.29, 1.82) is 0 Å². The molecule has 0 N–H and O–H groups in total. The lowest BCUT2D eigenvalue weighted by molar-refractivity contribution is 0.224. The Kier molecular flexibility index (Phi) is 12.3. The van der Waals surface area contributed by atoms with E-state index in [0.29, 0.717) is 0 Å². The fraction of sp³-hybridized carbons (Fsp3) is 1.00. The van der Waals surface area contributed by atoms with Gasteiger partial charge in [0.1, 0.15) is 0 Å². The first-order valence-electron chi connectivity index (χ1n) is 9.81. The zero-order valence-electron chi connectivity index (χ0n) is 14.9. The Morgan fingerprint density at radius 1 is 0.667 bits per heavy atom. The van der Waals surface area contributed by atoms with Crippen molar-refractivity contribution in [3.8, 4) is 0 Å². The number of likely N-dealkylation sites (tertiary alicyclic amines) is 1. The average Bonchev–Trinajstić information content (AvgIpc) is 2.54. The Labute approximate surface area is 134 Å². The Morgan fingerprint density at radius 3 is 1.76 bits per heavy atom. The summed E-state index contributed by atoms with van der Waals surface area (Å²) < 4.78 is 0. The van der Waals surface area contributed by atoms with Crippen molar-refractivity contribution in [3.05, 3.63) is 0 Å². The largest absolute Gasteiger partial charge is 0.304 e. The maximum Gasteiger partial charge on any atom is -0.00187 e. The molecule has 0 atom stereocenters. The quantitative estimate of drug-likeness (QED) is 0.444. The van der Waals surface area contributed by atoms with Crippen LogP contribution in [0.25, 0.3) is 0 Å². The van der Waals surface area contributed by atoms with Crippen molar-refractivity contribution in [1.82, 2.24) is 9.80 Å². The molecule has 1 heterocycles. The molecule has 21 heavy (non-hydrogen) atoms. The topological polar surface area (TPSA) is 6.48 Å². The van der Waals surface area contributed by atoms with Gasteiger partial charge in [0.15, 0.2) is 0 Å². The summed E-state index contributed by atoms with van der Waals surface area (Å²) in [5, 5.41) is 0. The molecule has 0 aromatic rings. The summed E-state index contributed by atoms with van der Waals surface area (Å²) in [7, 11) is 0. The molecule has 0 aliphatic carbocycles. The van der Waals surface area contributed by atoms with Crippen LogP contribution in [0.3, 0.4) is 0 Å². The maximum absolute atomic E-state index is 2.68. The molecule has 0 aromatic carbocycles. The monoisotopic (exact) mass is 296 g/mol. The standard InChI is InChI=1S/C19H40N2/c1-3-20(4-2)16-12-9-7-5-6-8-10-13-17-21-18-14-11-15-19-21/h3-19H2,1-2H3. The average molecular weight is 297 g/mol. The van der Waals surface area contributed by atoms with E-state index in [0.717, 1.165) is 0 Å². The summed E-state index contributed by atoms with van der Waals surface area (Å²) in [6.07, 6.45) is 15.9. The van der Waals surface area contributed by atoms with Crippen molar-refractivity contribution in [2.45, 2.75) is 84.5 Å². The second-order valence-electron chi connectivity index (χ2n) is 6.76. The highest BCUT2D eigenvalue weighted by Crippen LogP contribution is 2.12. The summed E-state index contributed by atoms with van der Waals surface area (Å²) in [5.74, 6) is 0. The lowest BCUT2D eigenvalue weighted by Gasteiger charge is -2.26. The lowest BCUT2D eigenvalue weighted by atomic mass is 10.1. The third-order valence-electron chi connectivity index (χ3n) is 5.04. The van der Waals surface area contributed by atoms with Gasteiger partial charge in [-0.15, -0.1) is 0 Å². The van der Waals surface area contributed by atoms with Crippen molar-refractivity contribution >= 4 is 0 Å². The molecule has 1 aliphatic rings. The van der Waals surface area contributed by atoms with Crippen LogP contribution in [0.2, 0.25) is 0 Å². The van der Waals surface area contributed by atoms with Crippen molar-refractivity contribution in [3.63, 3.8) is 0 Å². The number of hydrogen-bond acceptors (Lipinski definition) is 2. The highest BCUT2D eigenvalue weighted by molar-refractivity contribution is 4.64. The van der Waals surface area contributed by atoms with Crippen LogP contribution in [-0.4, -0.2) is 49.1 Å². The zero-order chi connectivity index (χ0) is 15.2. The minimum Gasteiger partial charge on any atom is -0.304 e. The fourth-order valence-corrected chi connectivity index (χ4v) is 3.45. The first kappa shape index (κ1) is 19.0. The molecular weight excluding hydrogens is 256 g/mol. The summed E-state index contributed by atoms with van der Waals surface area (Å²) in [4.78, 5) is 5.22. The number of nitrogens with zero attached hydrogens (tertiary/aromatic N) is 2. The molecule has 2 nitrogen and oxygen atoms in total. The highest BCUT2D eigenvalue weighted by Gasteiger charge is 2.08. The van der Waals surface area contributed by atoms with E-state index in [1.807, 2.05) is 0 Å². The number of rotatable bonds is 13. The van der Waals surface area contributed by atoms with Crippen LogP contribution in [-0.2, 0) is 0 Å². The number of hydrogen-bond donors (Lipinski definition) is 0. The Morgan fingerprint density at radius 2 is 1.19 bits per heavy atom. The molecule has 1 saturated heterocycles. The van der Waals surface area contributed by atoms with Gasteiger partial charge in [0, 0.05) is 0 Å². The Hall–Kier alpha value is -0.0800. The first-order chi connectivity index (χ1) is 10.4. The van der Waals surface area contributed by atoms with Gasteiger partial charge < -0.3 is 9.80 Å². The predicted molar refractivity (Wildman–Crippen MR) is 95.0 cm³/mol. The van der Waals surface area contributed by atoms with Crippen molar-refractivity contribution < 1.29 is 0 Å². The molecule has 126 valence electrons. The van der Waals surface area contributed by atoms with Crippen molar-refractivity contribution in [2.24, 2.45) is 0 Å². The van der Waals surface area contributed by atoms with Gasteiger partial charge >= 0.3 is 0 Å². The minimum absolute atomic E-state index is 1.22. The van der Waals surface area contributed by atoms with Gasteiger partial charge in [-0.25, -0.2) is 0 Å². The van der Waals surface area contributed by atoms with Crippen LogP contribution in [0, 0.1) is 0 Å². The van der Waals surface area contributed by atoms with Gasteiger partial charge in [-0.1, -0.05) is 58.8 Å². The van der Waals surface area contributed by atoms with Crippen LogP contribution < -0.4 is 0 Å². The molecule has 1 aliphatic heterocycles. The molecule has 1 rings (SSSR count). The molecule has 0 spiro atoms. The molecule has 0 unspecified atom stereocenters. The van der Waals surface area contributed by atoms with E-state index in [1.165, 1.54) is 110 Å². The van der Waals surface area contributed by atoms with Crippen molar-refractivity contribution in [2.75, 3.05) is 39.3 Å². The summed E-state index contributed by atoms with van der Waals surface area (Å²) in [6.45, 7) is 12.4. The van der Waals surface area contributed by atoms with Gasteiger partial charge in [0.2, 0.25) is 0 Å². The molecule has 2 heteroatoms. The highest BCUT2D eigenvalue weighted by atomic mass is 15.1. The smallest absolute Gasteiger partial charge is 0.00187 e. The second-order valence-corrected chi connectivity index (χ2v) is 6.76. The SMILES string of the molecule is CCN(CC)CCCCCCCCCCN1CCCCC1.